The third kappa shape index (κ3) is 3.45. The Bertz CT molecular complexity index is 320. The van der Waals surface area contributed by atoms with Crippen molar-refractivity contribution in [1.82, 2.24) is 0 Å². The zero-order valence-electron chi connectivity index (χ0n) is 9.41. The highest BCUT2D eigenvalue weighted by Crippen LogP contribution is 2.28. The van der Waals surface area contributed by atoms with Crippen molar-refractivity contribution in [3.63, 3.8) is 0 Å². The lowest BCUT2D eigenvalue weighted by Crippen LogP contribution is -2.24. The molecule has 4 heteroatoms. The van der Waals surface area contributed by atoms with Gasteiger partial charge in [-0.1, -0.05) is 12.1 Å². The minimum absolute atomic E-state index is 0.469. The third-order valence-electron chi connectivity index (χ3n) is 2.34. The number of alkyl halides is 2. The first kappa shape index (κ1) is 12.9. The first-order chi connectivity index (χ1) is 7.45. The van der Waals surface area contributed by atoms with Crippen LogP contribution >= 0.6 is 0 Å². The highest BCUT2D eigenvalue weighted by molar-refractivity contribution is 5.30. The van der Waals surface area contributed by atoms with Gasteiger partial charge in [0, 0.05) is 6.42 Å². The maximum Gasteiger partial charge on any atom is 0.241 e. The Morgan fingerprint density at radius 1 is 1.31 bits per heavy atom. The van der Waals surface area contributed by atoms with Crippen molar-refractivity contribution in [2.45, 2.75) is 32.3 Å². The molecule has 0 heterocycles. The summed E-state index contributed by atoms with van der Waals surface area (Å²) in [7, 11) is 0. The number of aliphatic hydroxyl groups is 1. The molecule has 1 aromatic rings. The molecule has 1 unspecified atom stereocenters. The second-order valence-electron chi connectivity index (χ2n) is 3.83. The van der Waals surface area contributed by atoms with E-state index in [0.29, 0.717) is 17.9 Å². The summed E-state index contributed by atoms with van der Waals surface area (Å²) in [5.74, 6) is 0.666. The molecule has 1 aromatic carbocycles. The van der Waals surface area contributed by atoms with Crippen molar-refractivity contribution in [3.8, 4) is 5.75 Å². The molecule has 1 atom stereocenters. The van der Waals surface area contributed by atoms with Gasteiger partial charge < -0.3 is 9.84 Å². The lowest BCUT2D eigenvalue weighted by atomic mass is 9.93. The second kappa shape index (κ2) is 5.25. The SMILES string of the molecule is CCOc1ccc(C(C)(O)CC(F)F)cc1. The zero-order chi connectivity index (χ0) is 12.2. The van der Waals surface area contributed by atoms with E-state index in [4.69, 9.17) is 4.74 Å². The van der Waals surface area contributed by atoms with E-state index in [1.807, 2.05) is 6.92 Å². The zero-order valence-corrected chi connectivity index (χ0v) is 9.41. The molecule has 16 heavy (non-hydrogen) atoms. The molecule has 1 N–H and O–H groups in total. The number of hydrogen-bond donors (Lipinski definition) is 1. The Balaban J connectivity index is 2.79. The minimum atomic E-state index is -2.53. The fraction of sp³-hybridized carbons (Fsp3) is 0.500. The van der Waals surface area contributed by atoms with Crippen LogP contribution in [-0.2, 0) is 5.60 Å². The van der Waals surface area contributed by atoms with E-state index in [2.05, 4.69) is 0 Å². The van der Waals surface area contributed by atoms with Gasteiger partial charge in [-0.3, -0.25) is 0 Å². The third-order valence-corrected chi connectivity index (χ3v) is 2.34. The van der Waals surface area contributed by atoms with Crippen molar-refractivity contribution >= 4 is 0 Å². The van der Waals surface area contributed by atoms with Gasteiger partial charge in [-0.15, -0.1) is 0 Å². The van der Waals surface area contributed by atoms with Crippen molar-refractivity contribution in [2.75, 3.05) is 6.61 Å². The lowest BCUT2D eigenvalue weighted by Gasteiger charge is -2.23. The Hall–Kier alpha value is -1.16. The van der Waals surface area contributed by atoms with E-state index in [9.17, 15) is 13.9 Å². The molecule has 0 saturated heterocycles. The van der Waals surface area contributed by atoms with Gasteiger partial charge in [-0.05, 0) is 31.5 Å². The summed E-state index contributed by atoms with van der Waals surface area (Å²) in [6.07, 6.45) is -3.09. The molecular formula is C12H16F2O2. The van der Waals surface area contributed by atoms with E-state index in [-0.39, 0.29) is 0 Å². The first-order valence-corrected chi connectivity index (χ1v) is 5.19. The van der Waals surface area contributed by atoms with Crippen LogP contribution in [0.3, 0.4) is 0 Å². The fourth-order valence-corrected chi connectivity index (χ4v) is 1.50. The average Bonchev–Trinajstić information content (AvgIpc) is 2.17. The summed E-state index contributed by atoms with van der Waals surface area (Å²) in [4.78, 5) is 0. The molecular weight excluding hydrogens is 214 g/mol. The molecule has 0 aliphatic heterocycles. The summed E-state index contributed by atoms with van der Waals surface area (Å²) >= 11 is 0. The summed E-state index contributed by atoms with van der Waals surface area (Å²) in [5.41, 5.74) is -1.03. The molecule has 1 rings (SSSR count). The van der Waals surface area contributed by atoms with Gasteiger partial charge >= 0.3 is 0 Å². The van der Waals surface area contributed by atoms with Gasteiger partial charge in [0.2, 0.25) is 6.43 Å². The number of halogens is 2. The summed E-state index contributed by atoms with van der Waals surface area (Å²) in [6, 6.07) is 6.54. The predicted octanol–water partition coefficient (Wildman–Crippen LogP) is 2.95. The van der Waals surface area contributed by atoms with Gasteiger partial charge in [-0.2, -0.15) is 0 Å². The summed E-state index contributed by atoms with van der Waals surface area (Å²) in [5, 5.41) is 9.86. The molecule has 0 spiro atoms. The molecule has 0 aliphatic rings. The Morgan fingerprint density at radius 3 is 2.31 bits per heavy atom. The lowest BCUT2D eigenvalue weighted by molar-refractivity contribution is -0.0124. The van der Waals surface area contributed by atoms with Gasteiger partial charge in [0.15, 0.2) is 0 Å². The number of rotatable bonds is 5. The van der Waals surface area contributed by atoms with Gasteiger partial charge in [-0.25, -0.2) is 8.78 Å². The second-order valence-corrected chi connectivity index (χ2v) is 3.83. The Morgan fingerprint density at radius 2 is 1.88 bits per heavy atom. The van der Waals surface area contributed by atoms with Crippen LogP contribution in [0.1, 0.15) is 25.8 Å². The van der Waals surface area contributed by atoms with Crippen LogP contribution in [0, 0.1) is 0 Å². The van der Waals surface area contributed by atoms with Crippen LogP contribution in [0.15, 0.2) is 24.3 Å². The number of hydrogen-bond acceptors (Lipinski definition) is 2. The largest absolute Gasteiger partial charge is 0.494 e. The summed E-state index contributed by atoms with van der Waals surface area (Å²) < 4.78 is 29.7. The van der Waals surface area contributed by atoms with Crippen LogP contribution < -0.4 is 4.74 Å². The van der Waals surface area contributed by atoms with Crippen molar-refractivity contribution in [1.29, 1.82) is 0 Å². The van der Waals surface area contributed by atoms with Crippen LogP contribution in [0.25, 0.3) is 0 Å². The average molecular weight is 230 g/mol. The van der Waals surface area contributed by atoms with E-state index >= 15 is 0 Å². The molecule has 0 radical (unpaired) electrons. The monoisotopic (exact) mass is 230 g/mol. The van der Waals surface area contributed by atoms with Crippen LogP contribution in [0.5, 0.6) is 5.75 Å². The molecule has 0 aliphatic carbocycles. The summed E-state index contributed by atoms with van der Waals surface area (Å²) in [6.45, 7) is 3.79. The molecule has 0 saturated carbocycles. The molecule has 0 aromatic heterocycles. The minimum Gasteiger partial charge on any atom is -0.494 e. The van der Waals surface area contributed by atoms with Crippen LogP contribution in [0.2, 0.25) is 0 Å². The van der Waals surface area contributed by atoms with Crippen molar-refractivity contribution in [3.05, 3.63) is 29.8 Å². The van der Waals surface area contributed by atoms with E-state index in [0.717, 1.165) is 0 Å². The Kier molecular flexibility index (Phi) is 4.24. The highest BCUT2D eigenvalue weighted by atomic mass is 19.3. The van der Waals surface area contributed by atoms with Crippen LogP contribution in [0.4, 0.5) is 8.78 Å². The van der Waals surface area contributed by atoms with E-state index in [1.165, 1.54) is 6.92 Å². The number of ether oxygens (including phenoxy) is 1. The van der Waals surface area contributed by atoms with Crippen molar-refractivity contribution in [2.24, 2.45) is 0 Å². The van der Waals surface area contributed by atoms with Crippen molar-refractivity contribution < 1.29 is 18.6 Å². The fourth-order valence-electron chi connectivity index (χ4n) is 1.50. The van der Waals surface area contributed by atoms with E-state index < -0.39 is 18.4 Å². The molecule has 0 amide bonds. The smallest absolute Gasteiger partial charge is 0.241 e. The van der Waals surface area contributed by atoms with Gasteiger partial charge in [0.1, 0.15) is 5.75 Å². The number of benzene rings is 1. The van der Waals surface area contributed by atoms with E-state index in [1.54, 1.807) is 24.3 Å². The maximum absolute atomic E-state index is 12.2. The maximum atomic E-state index is 12.2. The van der Waals surface area contributed by atoms with Gasteiger partial charge in [0.05, 0.1) is 12.2 Å². The quantitative estimate of drug-likeness (QED) is 0.842. The first-order valence-electron chi connectivity index (χ1n) is 5.19. The normalized spacial score (nSPS) is 14.9. The Labute approximate surface area is 93.9 Å². The molecule has 0 bridgehead atoms. The van der Waals surface area contributed by atoms with Crippen LogP contribution in [-0.4, -0.2) is 18.1 Å². The van der Waals surface area contributed by atoms with Gasteiger partial charge in [0.25, 0.3) is 0 Å². The molecule has 0 fully saturated rings. The standard InChI is InChI=1S/C12H16F2O2/c1-3-16-10-6-4-9(5-7-10)12(2,15)8-11(13)14/h4-7,11,15H,3,8H2,1-2H3. The molecule has 90 valence electrons. The molecule has 2 nitrogen and oxygen atoms in total. The predicted molar refractivity (Wildman–Crippen MR) is 57.8 cm³/mol. The highest BCUT2D eigenvalue weighted by Gasteiger charge is 2.27. The topological polar surface area (TPSA) is 29.5 Å².